The van der Waals surface area contributed by atoms with Gasteiger partial charge in [0, 0.05) is 24.5 Å². The molecule has 0 spiro atoms. The Morgan fingerprint density at radius 2 is 1.28 bits per heavy atom. The van der Waals surface area contributed by atoms with Crippen molar-refractivity contribution in [2.75, 3.05) is 23.7 Å². The molecule has 18 heavy (non-hydrogen) atoms. The summed E-state index contributed by atoms with van der Waals surface area (Å²) in [6.45, 7) is 5.60. The standard InChI is InChI=1S/C10H14I2N6/c1-5-7(11)9(17-15-5)13-3-4-14-10-8(12)6(2)16-18-10/h3-4H2,1-2H3,(H2,13,15,17)(H2,14,16,18). The Labute approximate surface area is 132 Å². The number of hydrogen-bond donors (Lipinski definition) is 4. The Morgan fingerprint density at radius 1 is 0.889 bits per heavy atom. The highest BCUT2D eigenvalue weighted by molar-refractivity contribution is 14.1. The number of halogens is 2. The predicted octanol–water partition coefficient (Wildman–Crippen LogP) is 2.48. The highest BCUT2D eigenvalue weighted by Crippen LogP contribution is 2.18. The Bertz CT molecular complexity index is 484. The monoisotopic (exact) mass is 472 g/mol. The predicted molar refractivity (Wildman–Crippen MR) is 89.1 cm³/mol. The summed E-state index contributed by atoms with van der Waals surface area (Å²) in [5.41, 5.74) is 2.17. The molecule has 4 N–H and O–H groups in total. The van der Waals surface area contributed by atoms with E-state index in [0.29, 0.717) is 0 Å². The fraction of sp³-hybridized carbons (Fsp3) is 0.400. The van der Waals surface area contributed by atoms with E-state index < -0.39 is 0 Å². The molecule has 0 atom stereocenters. The van der Waals surface area contributed by atoms with Crippen molar-refractivity contribution in [1.29, 1.82) is 0 Å². The summed E-state index contributed by atoms with van der Waals surface area (Å²) in [5.74, 6) is 1.81. The first kappa shape index (κ1) is 13.9. The van der Waals surface area contributed by atoms with Gasteiger partial charge in [-0.2, -0.15) is 10.2 Å². The van der Waals surface area contributed by atoms with E-state index in [1.807, 2.05) is 13.8 Å². The van der Waals surface area contributed by atoms with Crippen molar-refractivity contribution in [3.8, 4) is 0 Å². The highest BCUT2D eigenvalue weighted by Gasteiger charge is 2.07. The van der Waals surface area contributed by atoms with Gasteiger partial charge >= 0.3 is 0 Å². The molecule has 0 fully saturated rings. The molecule has 6 nitrogen and oxygen atoms in total. The van der Waals surface area contributed by atoms with Gasteiger partial charge in [0.15, 0.2) is 11.6 Å². The van der Waals surface area contributed by atoms with Crippen LogP contribution < -0.4 is 10.6 Å². The van der Waals surface area contributed by atoms with Gasteiger partial charge in [-0.1, -0.05) is 0 Å². The largest absolute Gasteiger partial charge is 0.366 e. The van der Waals surface area contributed by atoms with Crippen LogP contribution >= 0.6 is 45.2 Å². The summed E-state index contributed by atoms with van der Waals surface area (Å²) < 4.78 is 2.27. The maximum Gasteiger partial charge on any atom is 0.161 e. The minimum Gasteiger partial charge on any atom is -0.366 e. The smallest absolute Gasteiger partial charge is 0.161 e. The summed E-state index contributed by atoms with van der Waals surface area (Å²) in [6, 6.07) is 0. The Hall–Kier alpha value is -0.520. The van der Waals surface area contributed by atoms with Gasteiger partial charge in [0.25, 0.3) is 0 Å². The number of aromatic nitrogens is 4. The Kier molecular flexibility index (Phi) is 4.70. The quantitative estimate of drug-likeness (QED) is 0.399. The summed E-state index contributed by atoms with van der Waals surface area (Å²) >= 11 is 4.55. The second kappa shape index (κ2) is 6.08. The third-order valence-electron chi connectivity index (χ3n) is 2.45. The van der Waals surface area contributed by atoms with Crippen LogP contribution in [0.4, 0.5) is 11.6 Å². The molecule has 2 aromatic rings. The number of nitrogens with one attached hydrogen (secondary N) is 4. The molecule has 0 aliphatic rings. The zero-order valence-electron chi connectivity index (χ0n) is 10.1. The van der Waals surface area contributed by atoms with Crippen molar-refractivity contribution in [3.63, 3.8) is 0 Å². The van der Waals surface area contributed by atoms with Gasteiger partial charge in [-0.15, -0.1) is 0 Å². The van der Waals surface area contributed by atoms with Crippen molar-refractivity contribution in [3.05, 3.63) is 18.5 Å². The van der Waals surface area contributed by atoms with Gasteiger partial charge in [-0.05, 0) is 59.0 Å². The average molecular weight is 472 g/mol. The summed E-state index contributed by atoms with van der Waals surface area (Å²) in [7, 11) is 0. The SMILES string of the molecule is Cc1[nH]nc(NCCNc2n[nH]c(C)c2I)c1I. The van der Waals surface area contributed by atoms with E-state index in [1.54, 1.807) is 0 Å². The molecule has 8 heteroatoms. The molecule has 0 bridgehead atoms. The molecule has 2 heterocycles. The molecule has 0 aliphatic heterocycles. The first-order valence-electron chi connectivity index (χ1n) is 5.48. The molecule has 0 saturated carbocycles. The third kappa shape index (κ3) is 3.08. The minimum atomic E-state index is 0.794. The number of H-pyrrole nitrogens is 2. The number of hydrogen-bond acceptors (Lipinski definition) is 4. The number of anilines is 2. The fourth-order valence-corrected chi connectivity index (χ4v) is 2.29. The van der Waals surface area contributed by atoms with E-state index in [1.165, 1.54) is 0 Å². The van der Waals surface area contributed by atoms with E-state index in [-0.39, 0.29) is 0 Å². The molecule has 0 saturated heterocycles. The van der Waals surface area contributed by atoms with Crippen LogP contribution in [0.5, 0.6) is 0 Å². The van der Waals surface area contributed by atoms with Crippen molar-refractivity contribution >= 4 is 56.8 Å². The number of rotatable bonds is 5. The lowest BCUT2D eigenvalue weighted by Crippen LogP contribution is -2.15. The van der Waals surface area contributed by atoms with Crippen molar-refractivity contribution in [2.24, 2.45) is 0 Å². The van der Waals surface area contributed by atoms with Gasteiger partial charge in [0.2, 0.25) is 0 Å². The van der Waals surface area contributed by atoms with Crippen LogP contribution in [-0.4, -0.2) is 33.5 Å². The molecule has 98 valence electrons. The van der Waals surface area contributed by atoms with Crippen LogP contribution in [0, 0.1) is 21.0 Å². The molecule has 2 aromatic heterocycles. The first-order chi connectivity index (χ1) is 8.59. The van der Waals surface area contributed by atoms with Gasteiger partial charge in [0.05, 0.1) is 7.14 Å². The molecule has 0 aromatic carbocycles. The molecule has 0 unspecified atom stereocenters. The van der Waals surface area contributed by atoms with Gasteiger partial charge in [-0.3, -0.25) is 10.2 Å². The lowest BCUT2D eigenvalue weighted by molar-refractivity contribution is 0.996. The molecule has 0 aliphatic carbocycles. The number of aryl methyl sites for hydroxylation is 2. The Morgan fingerprint density at radius 3 is 1.56 bits per heavy atom. The van der Waals surface area contributed by atoms with Crippen molar-refractivity contribution < 1.29 is 0 Å². The van der Waals surface area contributed by atoms with Crippen LogP contribution in [0.2, 0.25) is 0 Å². The summed E-state index contributed by atoms with van der Waals surface area (Å²) in [4.78, 5) is 0. The second-order valence-corrected chi connectivity index (χ2v) is 6.03. The molecule has 0 radical (unpaired) electrons. The third-order valence-corrected chi connectivity index (χ3v) is 5.09. The average Bonchev–Trinajstić information content (AvgIpc) is 2.83. The maximum atomic E-state index is 4.19. The number of aromatic amines is 2. The van der Waals surface area contributed by atoms with E-state index >= 15 is 0 Å². The zero-order chi connectivity index (χ0) is 13.1. The van der Waals surface area contributed by atoms with Crippen LogP contribution in [-0.2, 0) is 0 Å². The van der Waals surface area contributed by atoms with Gasteiger partial charge in [-0.25, -0.2) is 0 Å². The van der Waals surface area contributed by atoms with Crippen molar-refractivity contribution in [2.45, 2.75) is 13.8 Å². The lowest BCUT2D eigenvalue weighted by atomic mass is 10.4. The maximum absolute atomic E-state index is 4.19. The summed E-state index contributed by atoms with van der Waals surface area (Å²) in [5, 5.41) is 20.8. The molecular formula is C10H14I2N6. The molecule has 0 amide bonds. The van der Waals surface area contributed by atoms with E-state index in [4.69, 9.17) is 0 Å². The fourth-order valence-electron chi connectivity index (χ4n) is 1.43. The van der Waals surface area contributed by atoms with Crippen LogP contribution in [0.1, 0.15) is 11.4 Å². The Balaban J connectivity index is 1.80. The zero-order valence-corrected chi connectivity index (χ0v) is 14.4. The summed E-state index contributed by atoms with van der Waals surface area (Å²) in [6.07, 6.45) is 0. The lowest BCUT2D eigenvalue weighted by Gasteiger charge is -2.05. The minimum absolute atomic E-state index is 0.794. The highest BCUT2D eigenvalue weighted by atomic mass is 127. The molecule has 2 rings (SSSR count). The molecular weight excluding hydrogens is 458 g/mol. The van der Waals surface area contributed by atoms with Crippen molar-refractivity contribution in [1.82, 2.24) is 20.4 Å². The topological polar surface area (TPSA) is 81.4 Å². The van der Waals surface area contributed by atoms with E-state index in [9.17, 15) is 0 Å². The first-order valence-corrected chi connectivity index (χ1v) is 7.64. The van der Waals surface area contributed by atoms with Gasteiger partial charge in [0.1, 0.15) is 0 Å². The van der Waals surface area contributed by atoms with Crippen LogP contribution in [0.25, 0.3) is 0 Å². The van der Waals surface area contributed by atoms with Gasteiger partial charge < -0.3 is 10.6 Å². The van der Waals surface area contributed by atoms with E-state index in [0.717, 1.165) is 43.3 Å². The van der Waals surface area contributed by atoms with E-state index in [2.05, 4.69) is 76.2 Å². The second-order valence-electron chi connectivity index (χ2n) is 3.88. The normalized spacial score (nSPS) is 10.7. The van der Waals surface area contributed by atoms with Crippen LogP contribution in [0.15, 0.2) is 0 Å². The number of nitrogens with zero attached hydrogens (tertiary/aromatic N) is 2. The van der Waals surface area contributed by atoms with Crippen LogP contribution in [0.3, 0.4) is 0 Å².